The SMILES string of the molecule is O=C(OC1CC2CCCCN2C(=O)N1O)C1CC1. The van der Waals surface area contributed by atoms with Gasteiger partial charge in [-0.15, -0.1) is 0 Å². The van der Waals surface area contributed by atoms with Crippen molar-refractivity contribution in [3.8, 4) is 0 Å². The van der Waals surface area contributed by atoms with Crippen LogP contribution in [0.4, 0.5) is 4.79 Å². The van der Waals surface area contributed by atoms with Gasteiger partial charge in [0.05, 0.1) is 5.92 Å². The molecule has 2 heterocycles. The lowest BCUT2D eigenvalue weighted by atomic mass is 9.97. The average Bonchev–Trinajstić information content (AvgIpc) is 3.20. The minimum absolute atomic E-state index is 0.0158. The Kier molecular flexibility index (Phi) is 2.89. The molecular weight excluding hydrogens is 236 g/mol. The van der Waals surface area contributed by atoms with Crippen molar-refractivity contribution in [2.24, 2.45) is 5.92 Å². The summed E-state index contributed by atoms with van der Waals surface area (Å²) in [4.78, 5) is 25.2. The summed E-state index contributed by atoms with van der Waals surface area (Å²) in [6, 6.07) is -0.328. The summed E-state index contributed by atoms with van der Waals surface area (Å²) in [6.45, 7) is 0.684. The van der Waals surface area contributed by atoms with Crippen molar-refractivity contribution in [3.63, 3.8) is 0 Å². The van der Waals surface area contributed by atoms with Crippen molar-refractivity contribution >= 4 is 12.0 Å². The number of amides is 2. The van der Waals surface area contributed by atoms with Crippen LogP contribution in [0.3, 0.4) is 0 Å². The van der Waals surface area contributed by atoms with E-state index in [1.807, 2.05) is 0 Å². The average molecular weight is 254 g/mol. The fourth-order valence-electron chi connectivity index (χ4n) is 2.73. The topological polar surface area (TPSA) is 70.1 Å². The number of carbonyl (C=O) groups is 2. The molecule has 2 amide bonds. The third kappa shape index (κ3) is 2.05. The summed E-state index contributed by atoms with van der Waals surface area (Å²) in [7, 11) is 0. The zero-order valence-corrected chi connectivity index (χ0v) is 10.2. The summed E-state index contributed by atoms with van der Waals surface area (Å²) in [5.41, 5.74) is 0. The highest BCUT2D eigenvalue weighted by atomic mass is 16.6. The Balaban J connectivity index is 1.67. The number of urea groups is 1. The molecule has 0 aromatic heterocycles. The molecule has 6 nitrogen and oxygen atoms in total. The van der Waals surface area contributed by atoms with Crippen LogP contribution in [0.5, 0.6) is 0 Å². The maximum absolute atomic E-state index is 11.9. The van der Waals surface area contributed by atoms with Crippen molar-refractivity contribution in [2.75, 3.05) is 6.54 Å². The molecule has 1 N–H and O–H groups in total. The molecule has 0 radical (unpaired) electrons. The van der Waals surface area contributed by atoms with Crippen LogP contribution < -0.4 is 0 Å². The van der Waals surface area contributed by atoms with Crippen LogP contribution in [0.25, 0.3) is 0 Å². The molecule has 3 aliphatic rings. The number of rotatable bonds is 2. The number of hydrogen-bond acceptors (Lipinski definition) is 4. The number of fused-ring (bicyclic) bond motifs is 1. The van der Waals surface area contributed by atoms with E-state index in [2.05, 4.69) is 0 Å². The lowest BCUT2D eigenvalue weighted by molar-refractivity contribution is -0.213. The first-order valence-electron chi connectivity index (χ1n) is 6.66. The van der Waals surface area contributed by atoms with Gasteiger partial charge in [-0.05, 0) is 32.1 Å². The van der Waals surface area contributed by atoms with E-state index in [9.17, 15) is 14.8 Å². The highest BCUT2D eigenvalue weighted by Gasteiger charge is 2.43. The molecule has 2 atom stereocenters. The zero-order chi connectivity index (χ0) is 12.7. The number of hydroxylamine groups is 2. The van der Waals surface area contributed by atoms with Crippen LogP contribution in [-0.4, -0.2) is 46.0 Å². The Hall–Kier alpha value is -1.30. The number of ether oxygens (including phenoxy) is 1. The zero-order valence-electron chi connectivity index (χ0n) is 10.2. The van der Waals surface area contributed by atoms with Crippen molar-refractivity contribution in [1.29, 1.82) is 0 Å². The molecule has 0 spiro atoms. The molecule has 3 fully saturated rings. The van der Waals surface area contributed by atoms with E-state index in [1.54, 1.807) is 4.90 Å². The van der Waals surface area contributed by atoms with Crippen molar-refractivity contribution in [2.45, 2.75) is 50.8 Å². The van der Waals surface area contributed by atoms with Crippen LogP contribution in [0.1, 0.15) is 38.5 Å². The lowest BCUT2D eigenvalue weighted by Gasteiger charge is -2.44. The number of esters is 1. The fourth-order valence-corrected chi connectivity index (χ4v) is 2.73. The van der Waals surface area contributed by atoms with E-state index in [0.29, 0.717) is 18.0 Å². The Morgan fingerprint density at radius 3 is 2.78 bits per heavy atom. The lowest BCUT2D eigenvalue weighted by Crippen LogP contribution is -2.59. The fraction of sp³-hybridized carbons (Fsp3) is 0.833. The molecule has 0 bridgehead atoms. The van der Waals surface area contributed by atoms with E-state index in [-0.39, 0.29) is 17.9 Å². The highest BCUT2D eigenvalue weighted by Crippen LogP contribution is 2.33. The molecule has 0 aromatic rings. The first kappa shape index (κ1) is 11.8. The number of hydrogen-bond donors (Lipinski definition) is 1. The first-order chi connectivity index (χ1) is 8.66. The van der Waals surface area contributed by atoms with Gasteiger partial charge in [0.1, 0.15) is 0 Å². The van der Waals surface area contributed by atoms with Gasteiger partial charge in [-0.3, -0.25) is 10.0 Å². The van der Waals surface area contributed by atoms with Crippen LogP contribution >= 0.6 is 0 Å². The second-order valence-corrected chi connectivity index (χ2v) is 5.37. The summed E-state index contributed by atoms with van der Waals surface area (Å²) in [5, 5.41) is 10.4. The van der Waals surface area contributed by atoms with Gasteiger partial charge in [-0.1, -0.05) is 0 Å². The first-order valence-corrected chi connectivity index (χ1v) is 6.66. The van der Waals surface area contributed by atoms with Gasteiger partial charge in [0.25, 0.3) is 0 Å². The highest BCUT2D eigenvalue weighted by molar-refractivity contribution is 5.77. The molecule has 6 heteroatoms. The summed E-state index contributed by atoms with van der Waals surface area (Å²) < 4.78 is 5.24. The van der Waals surface area contributed by atoms with E-state index < -0.39 is 12.3 Å². The predicted molar refractivity (Wildman–Crippen MR) is 60.6 cm³/mol. The Labute approximate surface area is 105 Å². The van der Waals surface area contributed by atoms with Crippen LogP contribution in [0, 0.1) is 5.92 Å². The number of carbonyl (C=O) groups excluding carboxylic acids is 2. The summed E-state index contributed by atoms with van der Waals surface area (Å²) in [5.74, 6) is -0.297. The Morgan fingerprint density at radius 2 is 2.06 bits per heavy atom. The van der Waals surface area contributed by atoms with Crippen molar-refractivity contribution in [3.05, 3.63) is 0 Å². The van der Waals surface area contributed by atoms with Crippen LogP contribution in [-0.2, 0) is 9.53 Å². The van der Waals surface area contributed by atoms with Gasteiger partial charge in [0.15, 0.2) is 0 Å². The Bertz CT molecular complexity index is 369. The number of piperidine rings is 1. The normalized spacial score (nSPS) is 32.2. The summed E-state index contributed by atoms with van der Waals surface area (Å²) in [6.07, 6.45) is 4.43. The van der Waals surface area contributed by atoms with Gasteiger partial charge in [0.2, 0.25) is 6.23 Å². The van der Waals surface area contributed by atoms with E-state index >= 15 is 0 Å². The molecule has 3 rings (SSSR count). The molecule has 2 unspecified atom stereocenters. The number of nitrogens with zero attached hydrogens (tertiary/aromatic N) is 2. The molecule has 2 saturated heterocycles. The quantitative estimate of drug-likeness (QED) is 0.596. The van der Waals surface area contributed by atoms with Crippen LogP contribution in [0.2, 0.25) is 0 Å². The van der Waals surface area contributed by atoms with E-state index in [4.69, 9.17) is 4.74 Å². The summed E-state index contributed by atoms with van der Waals surface area (Å²) >= 11 is 0. The second-order valence-electron chi connectivity index (χ2n) is 5.37. The van der Waals surface area contributed by atoms with Gasteiger partial charge in [0, 0.05) is 19.0 Å². The maximum atomic E-state index is 11.9. The monoisotopic (exact) mass is 254 g/mol. The van der Waals surface area contributed by atoms with Crippen LogP contribution in [0.15, 0.2) is 0 Å². The predicted octanol–water partition coefficient (Wildman–Crippen LogP) is 1.34. The van der Waals surface area contributed by atoms with E-state index in [0.717, 1.165) is 32.1 Å². The smallest absolute Gasteiger partial charge is 0.347 e. The largest absolute Gasteiger partial charge is 0.439 e. The molecule has 18 heavy (non-hydrogen) atoms. The third-order valence-electron chi connectivity index (χ3n) is 3.98. The molecule has 0 aromatic carbocycles. The van der Waals surface area contributed by atoms with Gasteiger partial charge < -0.3 is 9.64 Å². The van der Waals surface area contributed by atoms with Gasteiger partial charge in [-0.2, -0.15) is 5.06 Å². The third-order valence-corrected chi connectivity index (χ3v) is 3.98. The van der Waals surface area contributed by atoms with Gasteiger partial charge in [-0.25, -0.2) is 4.79 Å². The van der Waals surface area contributed by atoms with Gasteiger partial charge >= 0.3 is 12.0 Å². The van der Waals surface area contributed by atoms with Crippen molar-refractivity contribution < 1.29 is 19.5 Å². The maximum Gasteiger partial charge on any atom is 0.347 e. The minimum Gasteiger partial charge on any atom is -0.439 e. The molecule has 100 valence electrons. The molecular formula is C12H18N2O4. The second kappa shape index (κ2) is 4.42. The molecule has 2 aliphatic heterocycles. The van der Waals surface area contributed by atoms with E-state index in [1.165, 1.54) is 0 Å². The Morgan fingerprint density at radius 1 is 1.28 bits per heavy atom. The molecule has 1 saturated carbocycles. The molecule has 1 aliphatic carbocycles. The standard InChI is InChI=1S/C12H18N2O4/c15-11(8-4-5-8)18-10-7-9-3-1-2-6-13(9)12(16)14(10)17/h8-10,17H,1-7H2. The van der Waals surface area contributed by atoms with Crippen molar-refractivity contribution in [1.82, 2.24) is 9.96 Å². The minimum atomic E-state index is -0.801.